The second-order valence-corrected chi connectivity index (χ2v) is 8.18. The third kappa shape index (κ3) is 4.27. The van der Waals surface area contributed by atoms with Gasteiger partial charge in [-0.2, -0.15) is 0 Å². The van der Waals surface area contributed by atoms with Crippen LogP contribution in [0.25, 0.3) is 0 Å². The molecule has 0 heterocycles. The lowest BCUT2D eigenvalue weighted by molar-refractivity contribution is -0.122. The largest absolute Gasteiger partial charge is 0.353 e. The molecule has 1 atom stereocenters. The minimum Gasteiger partial charge on any atom is -0.353 e. The average molecular weight is 262 g/mol. The fourth-order valence-electron chi connectivity index (χ4n) is 1.38. The Morgan fingerprint density at radius 3 is 2.41 bits per heavy atom. The Labute approximate surface area is 103 Å². The van der Waals surface area contributed by atoms with Gasteiger partial charge in [-0.15, -0.1) is 0 Å². The summed E-state index contributed by atoms with van der Waals surface area (Å²) in [7, 11) is -3.19. The molecule has 0 aliphatic heterocycles. The molecule has 0 radical (unpaired) electrons. The molecule has 1 saturated carbocycles. The van der Waals surface area contributed by atoms with Crippen molar-refractivity contribution in [2.45, 2.75) is 43.9 Å². The number of nitrogens with one attached hydrogen (secondary N) is 1. The highest BCUT2D eigenvalue weighted by Crippen LogP contribution is 2.33. The second kappa shape index (κ2) is 4.94. The first-order valence-electron chi connectivity index (χ1n) is 5.86. The molecule has 0 aromatic heterocycles. The molecule has 0 aromatic carbocycles. The van der Waals surface area contributed by atoms with Crippen molar-refractivity contribution in [2.24, 2.45) is 11.7 Å². The normalized spacial score (nSPS) is 18.8. The van der Waals surface area contributed by atoms with Crippen molar-refractivity contribution in [3.05, 3.63) is 0 Å². The third-order valence-electron chi connectivity index (χ3n) is 3.31. The SMILES string of the molecule is CC(C)(CNC(=O)C(N)CC1CC1)S(C)(=O)=O. The molecule has 6 heteroatoms. The minimum absolute atomic E-state index is 0.100. The van der Waals surface area contributed by atoms with Crippen molar-refractivity contribution in [3.8, 4) is 0 Å². The smallest absolute Gasteiger partial charge is 0.236 e. The van der Waals surface area contributed by atoms with Crippen molar-refractivity contribution in [2.75, 3.05) is 12.8 Å². The van der Waals surface area contributed by atoms with Crippen molar-refractivity contribution in [1.29, 1.82) is 0 Å². The van der Waals surface area contributed by atoms with Crippen LogP contribution in [-0.4, -0.2) is 37.9 Å². The lowest BCUT2D eigenvalue weighted by atomic mass is 10.1. The topological polar surface area (TPSA) is 89.3 Å². The summed E-state index contributed by atoms with van der Waals surface area (Å²) in [6.45, 7) is 3.28. The van der Waals surface area contributed by atoms with Gasteiger partial charge in [-0.25, -0.2) is 8.42 Å². The lowest BCUT2D eigenvalue weighted by Gasteiger charge is -2.23. The van der Waals surface area contributed by atoms with Gasteiger partial charge in [-0.05, 0) is 26.2 Å². The lowest BCUT2D eigenvalue weighted by Crippen LogP contribution is -2.48. The summed E-state index contributed by atoms with van der Waals surface area (Å²) in [4.78, 5) is 11.6. The predicted octanol–water partition coefficient (Wildman–Crippen LogP) is 0.0532. The van der Waals surface area contributed by atoms with E-state index in [1.165, 1.54) is 6.26 Å². The van der Waals surface area contributed by atoms with E-state index in [0.29, 0.717) is 12.3 Å². The van der Waals surface area contributed by atoms with Crippen LogP contribution in [0.5, 0.6) is 0 Å². The van der Waals surface area contributed by atoms with Crippen LogP contribution in [0, 0.1) is 5.92 Å². The molecule has 0 aromatic rings. The van der Waals surface area contributed by atoms with Crippen molar-refractivity contribution in [1.82, 2.24) is 5.32 Å². The van der Waals surface area contributed by atoms with Gasteiger partial charge < -0.3 is 11.1 Å². The summed E-state index contributed by atoms with van der Waals surface area (Å²) in [6, 6.07) is -0.516. The number of carbonyl (C=O) groups is 1. The molecule has 1 amide bonds. The molecule has 1 unspecified atom stereocenters. The first kappa shape index (κ1) is 14.4. The molecule has 3 N–H and O–H groups in total. The molecular weight excluding hydrogens is 240 g/mol. The number of amides is 1. The van der Waals surface area contributed by atoms with Crippen molar-refractivity contribution < 1.29 is 13.2 Å². The molecule has 0 saturated heterocycles. The van der Waals surface area contributed by atoms with Gasteiger partial charge in [0.15, 0.2) is 9.84 Å². The van der Waals surface area contributed by atoms with Crippen LogP contribution in [0.1, 0.15) is 33.1 Å². The summed E-state index contributed by atoms with van der Waals surface area (Å²) in [5.74, 6) is 0.326. The molecule has 1 fully saturated rings. The summed E-state index contributed by atoms with van der Waals surface area (Å²) in [6.07, 6.45) is 4.17. The van der Waals surface area contributed by atoms with Gasteiger partial charge in [0.1, 0.15) is 0 Å². The van der Waals surface area contributed by atoms with Crippen LogP contribution in [0.3, 0.4) is 0 Å². The molecule has 1 rings (SSSR count). The monoisotopic (exact) mass is 262 g/mol. The summed E-state index contributed by atoms with van der Waals surface area (Å²) >= 11 is 0. The minimum atomic E-state index is -3.19. The molecule has 0 spiro atoms. The average Bonchev–Trinajstić information content (AvgIpc) is 2.96. The van der Waals surface area contributed by atoms with Crippen LogP contribution < -0.4 is 11.1 Å². The number of rotatable bonds is 6. The molecule has 1 aliphatic carbocycles. The maximum atomic E-state index is 11.6. The van der Waals surface area contributed by atoms with E-state index < -0.39 is 20.6 Å². The first-order chi connectivity index (χ1) is 7.63. The quantitative estimate of drug-likeness (QED) is 0.708. The van der Waals surface area contributed by atoms with E-state index in [1.807, 2.05) is 0 Å². The van der Waals surface area contributed by atoms with Crippen LogP contribution in [-0.2, 0) is 14.6 Å². The van der Waals surface area contributed by atoms with E-state index in [4.69, 9.17) is 5.73 Å². The Kier molecular flexibility index (Phi) is 4.19. The maximum absolute atomic E-state index is 11.6. The van der Waals surface area contributed by atoms with E-state index in [-0.39, 0.29) is 12.5 Å². The molecule has 17 heavy (non-hydrogen) atoms. The van der Waals surface area contributed by atoms with E-state index >= 15 is 0 Å². The number of hydrogen-bond donors (Lipinski definition) is 2. The molecule has 5 nitrogen and oxygen atoms in total. The Morgan fingerprint density at radius 1 is 1.47 bits per heavy atom. The van der Waals surface area contributed by atoms with Gasteiger partial charge in [0.2, 0.25) is 5.91 Å². The van der Waals surface area contributed by atoms with Crippen molar-refractivity contribution >= 4 is 15.7 Å². The van der Waals surface area contributed by atoms with E-state index in [0.717, 1.165) is 12.8 Å². The van der Waals surface area contributed by atoms with E-state index in [1.54, 1.807) is 13.8 Å². The number of carbonyl (C=O) groups excluding carboxylic acids is 1. The summed E-state index contributed by atoms with van der Waals surface area (Å²) in [5, 5.41) is 2.62. The van der Waals surface area contributed by atoms with Crippen LogP contribution >= 0.6 is 0 Å². The highest BCUT2D eigenvalue weighted by atomic mass is 32.2. The Hall–Kier alpha value is -0.620. The van der Waals surface area contributed by atoms with E-state index in [2.05, 4.69) is 5.32 Å². The standard InChI is InChI=1S/C11H22N2O3S/c1-11(2,17(3,15)16)7-13-10(14)9(12)6-8-4-5-8/h8-9H,4-7,12H2,1-3H3,(H,13,14). The fraction of sp³-hybridized carbons (Fsp3) is 0.909. The highest BCUT2D eigenvalue weighted by molar-refractivity contribution is 7.92. The summed E-state index contributed by atoms with van der Waals surface area (Å²) < 4.78 is 21.9. The Balaban J connectivity index is 2.41. The molecular formula is C11H22N2O3S. The predicted molar refractivity (Wildman–Crippen MR) is 67.2 cm³/mol. The van der Waals surface area contributed by atoms with Crippen LogP contribution in [0.15, 0.2) is 0 Å². The maximum Gasteiger partial charge on any atom is 0.236 e. The van der Waals surface area contributed by atoms with Crippen LogP contribution in [0.2, 0.25) is 0 Å². The van der Waals surface area contributed by atoms with Gasteiger partial charge in [0, 0.05) is 12.8 Å². The van der Waals surface area contributed by atoms with Crippen molar-refractivity contribution in [3.63, 3.8) is 0 Å². The number of sulfone groups is 1. The van der Waals surface area contributed by atoms with E-state index in [9.17, 15) is 13.2 Å². The van der Waals surface area contributed by atoms with Gasteiger partial charge in [-0.1, -0.05) is 12.8 Å². The number of hydrogen-bond acceptors (Lipinski definition) is 4. The molecule has 1 aliphatic rings. The van der Waals surface area contributed by atoms with Gasteiger partial charge in [0.25, 0.3) is 0 Å². The van der Waals surface area contributed by atoms with Gasteiger partial charge in [0.05, 0.1) is 10.8 Å². The van der Waals surface area contributed by atoms with Gasteiger partial charge >= 0.3 is 0 Å². The molecule has 0 bridgehead atoms. The second-order valence-electron chi connectivity index (χ2n) is 5.54. The molecule has 100 valence electrons. The Bertz CT molecular complexity index is 386. The zero-order valence-corrected chi connectivity index (χ0v) is 11.5. The highest BCUT2D eigenvalue weighted by Gasteiger charge is 2.32. The van der Waals surface area contributed by atoms with Gasteiger partial charge in [-0.3, -0.25) is 4.79 Å². The first-order valence-corrected chi connectivity index (χ1v) is 7.75. The fourth-order valence-corrected chi connectivity index (χ4v) is 1.72. The zero-order chi connectivity index (χ0) is 13.3. The van der Waals surface area contributed by atoms with Crippen LogP contribution in [0.4, 0.5) is 0 Å². The zero-order valence-electron chi connectivity index (χ0n) is 10.7. The third-order valence-corrected chi connectivity index (χ3v) is 5.46. The number of nitrogens with two attached hydrogens (primary N) is 1. The summed E-state index contributed by atoms with van der Waals surface area (Å²) in [5.41, 5.74) is 5.74. The Morgan fingerprint density at radius 2 is 2.00 bits per heavy atom.